The highest BCUT2D eigenvalue weighted by atomic mass is 16.7. The molecule has 0 saturated carbocycles. The molecule has 0 spiro atoms. The predicted octanol–water partition coefficient (Wildman–Crippen LogP) is 5.46. The van der Waals surface area contributed by atoms with Crippen molar-refractivity contribution in [3.8, 4) is 11.8 Å². The number of hydrogen-bond acceptors (Lipinski definition) is 5. The van der Waals surface area contributed by atoms with Gasteiger partial charge in [0.05, 0.1) is 18.7 Å². The Balaban J connectivity index is 1.24. The van der Waals surface area contributed by atoms with Gasteiger partial charge in [0.2, 0.25) is 0 Å². The lowest BCUT2D eigenvalue weighted by Gasteiger charge is -2.32. The highest BCUT2D eigenvalue weighted by Gasteiger charge is 2.20. The molecule has 1 atom stereocenters. The van der Waals surface area contributed by atoms with Crippen LogP contribution in [0.4, 0.5) is 4.79 Å². The summed E-state index contributed by atoms with van der Waals surface area (Å²) in [6.07, 6.45) is 8.25. The number of ether oxygens (including phenoxy) is 2. The number of carbonyl (C=O) groups excluding carboxylic acids is 1. The van der Waals surface area contributed by atoms with Gasteiger partial charge in [-0.05, 0) is 99.0 Å². The second-order valence-corrected chi connectivity index (χ2v) is 8.86. The van der Waals surface area contributed by atoms with Crippen LogP contribution in [-0.4, -0.2) is 42.8 Å². The zero-order valence-electron chi connectivity index (χ0n) is 19.2. The second-order valence-electron chi connectivity index (χ2n) is 8.86. The number of aromatic nitrogens is 1. The Morgan fingerprint density at radius 2 is 2.06 bits per heavy atom. The third-order valence-electron chi connectivity index (χ3n) is 6.49. The van der Waals surface area contributed by atoms with E-state index in [1.807, 2.05) is 24.3 Å². The van der Waals surface area contributed by atoms with Crippen molar-refractivity contribution in [2.75, 3.05) is 26.7 Å². The van der Waals surface area contributed by atoms with Crippen LogP contribution >= 0.6 is 0 Å². The summed E-state index contributed by atoms with van der Waals surface area (Å²) in [7, 11) is 1.31. The maximum atomic E-state index is 11.4. The molecule has 6 nitrogen and oxygen atoms in total. The Morgan fingerprint density at radius 3 is 2.85 bits per heavy atom. The molecule has 172 valence electrons. The number of likely N-dealkylation sites (tertiary alicyclic amines) is 1. The number of piperidine rings is 1. The van der Waals surface area contributed by atoms with Crippen LogP contribution in [0.15, 0.2) is 48.7 Å². The van der Waals surface area contributed by atoms with Gasteiger partial charge in [0.25, 0.3) is 0 Å². The summed E-state index contributed by atoms with van der Waals surface area (Å²) in [4.78, 5) is 17.3. The lowest BCUT2D eigenvalue weighted by atomic mass is 9.91. The number of aromatic amines is 1. The van der Waals surface area contributed by atoms with Gasteiger partial charge >= 0.3 is 6.16 Å². The average molecular weight is 446 g/mol. The lowest BCUT2D eigenvalue weighted by Crippen LogP contribution is -2.36. The van der Waals surface area contributed by atoms with Crippen LogP contribution in [0.1, 0.15) is 42.4 Å². The number of unbranched alkanes of at least 4 members (excludes halogenated alkanes) is 1. The fraction of sp³-hybridized carbons (Fsp3) is 0.407. The molecule has 6 heteroatoms. The maximum absolute atomic E-state index is 11.4. The van der Waals surface area contributed by atoms with Crippen molar-refractivity contribution in [1.82, 2.24) is 9.88 Å². The smallest absolute Gasteiger partial charge is 0.437 e. The van der Waals surface area contributed by atoms with Gasteiger partial charge < -0.3 is 19.4 Å². The lowest BCUT2D eigenvalue weighted by molar-refractivity contribution is 0.121. The van der Waals surface area contributed by atoms with Gasteiger partial charge in [0, 0.05) is 23.6 Å². The van der Waals surface area contributed by atoms with E-state index < -0.39 is 6.16 Å². The Morgan fingerprint density at radius 1 is 1.21 bits per heavy atom. The number of nitrogens with one attached hydrogen (secondary N) is 1. The number of nitrogens with zero attached hydrogens (tertiary/aromatic N) is 2. The number of aryl methyl sites for hydroxylation is 1. The van der Waals surface area contributed by atoms with Crippen LogP contribution in [0.5, 0.6) is 5.75 Å². The highest BCUT2D eigenvalue weighted by molar-refractivity contribution is 5.85. The van der Waals surface area contributed by atoms with E-state index in [4.69, 9.17) is 10.00 Å². The zero-order valence-corrected chi connectivity index (χ0v) is 19.2. The summed E-state index contributed by atoms with van der Waals surface area (Å²) >= 11 is 0. The van der Waals surface area contributed by atoms with Crippen molar-refractivity contribution >= 4 is 17.1 Å². The molecule has 1 unspecified atom stereocenters. The van der Waals surface area contributed by atoms with E-state index in [-0.39, 0.29) is 0 Å². The van der Waals surface area contributed by atoms with E-state index in [0.717, 1.165) is 55.2 Å². The molecule has 0 radical (unpaired) electrons. The van der Waals surface area contributed by atoms with Crippen molar-refractivity contribution in [3.05, 3.63) is 65.4 Å². The molecule has 3 aromatic rings. The largest absolute Gasteiger partial charge is 0.513 e. The number of fused-ring (bicyclic) bond motifs is 1. The van der Waals surface area contributed by atoms with Crippen molar-refractivity contribution in [2.24, 2.45) is 5.92 Å². The first kappa shape index (κ1) is 22.9. The Labute approximate surface area is 195 Å². The van der Waals surface area contributed by atoms with Crippen LogP contribution in [0, 0.1) is 17.2 Å². The quantitative estimate of drug-likeness (QED) is 0.283. The SMILES string of the molecule is COC(=O)Oc1ccc2[nH]cc(CCCCN3CCCC(Cc4ccc(C#N)cc4)C3)c2c1. The minimum Gasteiger partial charge on any atom is -0.437 e. The molecular formula is C27H31N3O3. The van der Waals surface area contributed by atoms with Crippen LogP contribution < -0.4 is 4.74 Å². The Hall–Kier alpha value is -3.30. The summed E-state index contributed by atoms with van der Waals surface area (Å²) in [5.41, 5.74) is 4.35. The molecule has 0 amide bonds. The minimum atomic E-state index is -0.703. The van der Waals surface area contributed by atoms with Crippen LogP contribution in [0.25, 0.3) is 10.9 Å². The fourth-order valence-electron chi connectivity index (χ4n) is 4.79. The molecule has 0 bridgehead atoms. The molecule has 4 rings (SSSR count). The van der Waals surface area contributed by atoms with Crippen LogP contribution in [0.3, 0.4) is 0 Å². The number of hydrogen-bond donors (Lipinski definition) is 1. The average Bonchev–Trinajstić information content (AvgIpc) is 3.24. The number of nitriles is 1. The van der Waals surface area contributed by atoms with Gasteiger partial charge in [-0.2, -0.15) is 5.26 Å². The Kier molecular flexibility index (Phi) is 7.64. The van der Waals surface area contributed by atoms with Crippen molar-refractivity contribution < 1.29 is 14.3 Å². The molecule has 1 aromatic heterocycles. The molecular weight excluding hydrogens is 414 g/mol. The van der Waals surface area contributed by atoms with E-state index in [1.54, 1.807) is 6.07 Å². The fourth-order valence-corrected chi connectivity index (χ4v) is 4.79. The van der Waals surface area contributed by atoms with Crippen LogP contribution in [-0.2, 0) is 17.6 Å². The summed E-state index contributed by atoms with van der Waals surface area (Å²) in [6, 6.07) is 15.8. The molecule has 1 aliphatic heterocycles. The van der Waals surface area contributed by atoms with E-state index in [0.29, 0.717) is 11.7 Å². The second kappa shape index (κ2) is 11.0. The van der Waals surface area contributed by atoms with Gasteiger partial charge in [0.1, 0.15) is 5.75 Å². The van der Waals surface area contributed by atoms with Crippen molar-refractivity contribution in [2.45, 2.75) is 38.5 Å². The van der Waals surface area contributed by atoms with Gasteiger partial charge in [-0.25, -0.2) is 4.79 Å². The first-order valence-electron chi connectivity index (χ1n) is 11.7. The Bertz CT molecular complexity index is 1110. The van der Waals surface area contributed by atoms with Gasteiger partial charge in [-0.3, -0.25) is 0 Å². The summed E-state index contributed by atoms with van der Waals surface area (Å²) in [5, 5.41) is 10.1. The minimum absolute atomic E-state index is 0.497. The summed E-state index contributed by atoms with van der Waals surface area (Å²) < 4.78 is 9.75. The maximum Gasteiger partial charge on any atom is 0.513 e. The molecule has 2 aromatic carbocycles. The highest BCUT2D eigenvalue weighted by Crippen LogP contribution is 2.26. The van der Waals surface area contributed by atoms with Gasteiger partial charge in [0.15, 0.2) is 0 Å². The van der Waals surface area contributed by atoms with Crippen molar-refractivity contribution in [1.29, 1.82) is 5.26 Å². The molecule has 2 heterocycles. The summed E-state index contributed by atoms with van der Waals surface area (Å²) in [6.45, 7) is 3.47. The number of H-pyrrole nitrogens is 1. The monoisotopic (exact) mass is 445 g/mol. The number of methoxy groups -OCH3 is 1. The van der Waals surface area contributed by atoms with E-state index >= 15 is 0 Å². The standard InChI is InChI=1S/C27H31N3O3/c1-32-27(31)33-24-11-12-26-25(16-24)23(18-29-26)6-2-3-13-30-14-4-5-22(19-30)15-20-7-9-21(17-28)10-8-20/h7-12,16,18,22,29H,2-6,13-15,19H2,1H3. The third-order valence-corrected chi connectivity index (χ3v) is 6.49. The van der Waals surface area contributed by atoms with E-state index in [2.05, 4.69) is 39.0 Å². The first-order chi connectivity index (χ1) is 16.1. The first-order valence-corrected chi connectivity index (χ1v) is 11.7. The molecule has 0 aliphatic carbocycles. The third kappa shape index (κ3) is 6.15. The van der Waals surface area contributed by atoms with E-state index in [1.165, 1.54) is 37.6 Å². The van der Waals surface area contributed by atoms with Gasteiger partial charge in [-0.1, -0.05) is 12.1 Å². The van der Waals surface area contributed by atoms with E-state index in [9.17, 15) is 4.79 Å². The van der Waals surface area contributed by atoms with Gasteiger partial charge in [-0.15, -0.1) is 0 Å². The van der Waals surface area contributed by atoms with Crippen LogP contribution in [0.2, 0.25) is 0 Å². The molecule has 1 saturated heterocycles. The topological polar surface area (TPSA) is 78.3 Å². The molecule has 1 N–H and O–H groups in total. The number of rotatable bonds is 8. The number of benzene rings is 2. The number of carbonyl (C=O) groups is 1. The molecule has 33 heavy (non-hydrogen) atoms. The predicted molar refractivity (Wildman–Crippen MR) is 128 cm³/mol. The summed E-state index contributed by atoms with van der Waals surface area (Å²) in [5.74, 6) is 1.19. The van der Waals surface area contributed by atoms with Crippen molar-refractivity contribution in [3.63, 3.8) is 0 Å². The zero-order chi connectivity index (χ0) is 23.0. The normalized spacial score (nSPS) is 16.4. The molecule has 1 fully saturated rings. The molecule has 1 aliphatic rings.